The van der Waals surface area contributed by atoms with Crippen molar-refractivity contribution in [1.29, 1.82) is 0 Å². The van der Waals surface area contributed by atoms with E-state index in [1.54, 1.807) is 13.8 Å². The van der Waals surface area contributed by atoms with E-state index in [1.165, 1.54) is 6.42 Å². The number of hydrogen-bond donors (Lipinski definition) is 2. The second-order valence-electron chi connectivity index (χ2n) is 5.78. The molecule has 14 heavy (non-hydrogen) atoms. The van der Waals surface area contributed by atoms with Gasteiger partial charge < -0.3 is 10.2 Å². The van der Waals surface area contributed by atoms with Crippen LogP contribution in [0.1, 0.15) is 47.0 Å². The zero-order valence-corrected chi connectivity index (χ0v) is 9.83. The Morgan fingerprint density at radius 1 is 1.07 bits per heavy atom. The molecule has 0 aliphatic heterocycles. The van der Waals surface area contributed by atoms with Crippen LogP contribution < -0.4 is 0 Å². The van der Waals surface area contributed by atoms with Gasteiger partial charge in [0.15, 0.2) is 0 Å². The molecule has 1 rings (SSSR count). The van der Waals surface area contributed by atoms with Crippen molar-refractivity contribution >= 4 is 0 Å². The maximum absolute atomic E-state index is 10.00. The fourth-order valence-electron chi connectivity index (χ4n) is 2.84. The van der Waals surface area contributed by atoms with Gasteiger partial charge in [0.1, 0.15) is 0 Å². The molecule has 1 fully saturated rings. The van der Waals surface area contributed by atoms with Crippen LogP contribution in [0.15, 0.2) is 0 Å². The van der Waals surface area contributed by atoms with Gasteiger partial charge >= 0.3 is 0 Å². The Hall–Kier alpha value is -0.0800. The highest BCUT2D eigenvalue weighted by molar-refractivity contribution is 4.87. The van der Waals surface area contributed by atoms with Crippen LogP contribution in [0.3, 0.4) is 0 Å². The van der Waals surface area contributed by atoms with Gasteiger partial charge in [-0.3, -0.25) is 0 Å². The molecule has 0 heterocycles. The van der Waals surface area contributed by atoms with Crippen LogP contribution in [0.25, 0.3) is 0 Å². The zero-order valence-electron chi connectivity index (χ0n) is 9.83. The Labute approximate surface area is 87.3 Å². The van der Waals surface area contributed by atoms with Crippen molar-refractivity contribution in [2.24, 2.45) is 17.8 Å². The van der Waals surface area contributed by atoms with Gasteiger partial charge in [0.25, 0.3) is 0 Å². The number of rotatable bonds is 2. The first kappa shape index (κ1) is 12.0. The number of aliphatic hydroxyl groups excluding tert-OH is 1. The number of aliphatic hydroxyl groups is 2. The van der Waals surface area contributed by atoms with Gasteiger partial charge in [-0.25, -0.2) is 0 Å². The van der Waals surface area contributed by atoms with Crippen molar-refractivity contribution in [2.75, 3.05) is 0 Å². The van der Waals surface area contributed by atoms with E-state index in [9.17, 15) is 10.2 Å². The van der Waals surface area contributed by atoms with Gasteiger partial charge in [0, 0.05) is 0 Å². The monoisotopic (exact) mass is 200 g/mol. The first-order chi connectivity index (χ1) is 6.30. The van der Waals surface area contributed by atoms with Crippen LogP contribution in [0, 0.1) is 17.8 Å². The van der Waals surface area contributed by atoms with E-state index in [1.807, 2.05) is 0 Å². The van der Waals surface area contributed by atoms with Crippen LogP contribution in [0.5, 0.6) is 0 Å². The van der Waals surface area contributed by atoms with Gasteiger partial charge in [-0.05, 0) is 50.9 Å². The lowest BCUT2D eigenvalue weighted by Crippen LogP contribution is -2.43. The molecule has 1 aliphatic rings. The summed E-state index contributed by atoms with van der Waals surface area (Å²) in [7, 11) is 0. The maximum atomic E-state index is 10.00. The molecule has 84 valence electrons. The standard InChI is InChI=1S/C12H24O2/c1-8-5-9(2)7-10(6-8)11(13)12(3,4)14/h8-11,13-14H,5-7H2,1-4H3. The van der Waals surface area contributed by atoms with Crippen LogP contribution in [0.4, 0.5) is 0 Å². The van der Waals surface area contributed by atoms with E-state index in [4.69, 9.17) is 0 Å². The van der Waals surface area contributed by atoms with E-state index >= 15 is 0 Å². The summed E-state index contributed by atoms with van der Waals surface area (Å²) in [5.74, 6) is 1.63. The third kappa shape index (κ3) is 2.96. The Morgan fingerprint density at radius 3 is 1.86 bits per heavy atom. The van der Waals surface area contributed by atoms with Crippen molar-refractivity contribution in [3.8, 4) is 0 Å². The van der Waals surface area contributed by atoms with E-state index in [-0.39, 0.29) is 5.92 Å². The largest absolute Gasteiger partial charge is 0.390 e. The Morgan fingerprint density at radius 2 is 1.50 bits per heavy atom. The van der Waals surface area contributed by atoms with Gasteiger partial charge in [-0.2, -0.15) is 0 Å². The van der Waals surface area contributed by atoms with Gasteiger partial charge in [0.05, 0.1) is 11.7 Å². The van der Waals surface area contributed by atoms with Crippen molar-refractivity contribution in [1.82, 2.24) is 0 Å². The fraction of sp³-hybridized carbons (Fsp3) is 1.00. The van der Waals surface area contributed by atoms with Gasteiger partial charge in [-0.1, -0.05) is 13.8 Å². The molecule has 0 aromatic rings. The molecule has 0 radical (unpaired) electrons. The molecule has 0 bridgehead atoms. The summed E-state index contributed by atoms with van der Waals surface area (Å²) in [5, 5.41) is 19.8. The minimum absolute atomic E-state index is 0.272. The Balaban J connectivity index is 2.59. The summed E-state index contributed by atoms with van der Waals surface area (Å²) < 4.78 is 0. The predicted molar refractivity (Wildman–Crippen MR) is 58.0 cm³/mol. The summed E-state index contributed by atoms with van der Waals surface area (Å²) in [6.45, 7) is 7.86. The highest BCUT2D eigenvalue weighted by Gasteiger charge is 2.36. The minimum Gasteiger partial charge on any atom is -0.390 e. The molecule has 2 N–H and O–H groups in total. The maximum Gasteiger partial charge on any atom is 0.0852 e. The molecule has 3 unspecified atom stereocenters. The average molecular weight is 200 g/mol. The van der Waals surface area contributed by atoms with Crippen molar-refractivity contribution in [3.63, 3.8) is 0 Å². The molecule has 3 atom stereocenters. The Bertz CT molecular complexity index is 173. The summed E-state index contributed by atoms with van der Waals surface area (Å²) in [6, 6.07) is 0. The quantitative estimate of drug-likeness (QED) is 0.717. The molecule has 1 saturated carbocycles. The smallest absolute Gasteiger partial charge is 0.0852 e. The molecule has 2 nitrogen and oxygen atoms in total. The molecule has 0 spiro atoms. The topological polar surface area (TPSA) is 40.5 Å². The summed E-state index contributed by atoms with van der Waals surface area (Å²) in [6.07, 6.45) is 2.78. The molecule has 0 amide bonds. The lowest BCUT2D eigenvalue weighted by Gasteiger charge is -2.38. The van der Waals surface area contributed by atoms with Gasteiger partial charge in [0.2, 0.25) is 0 Å². The minimum atomic E-state index is -0.957. The average Bonchev–Trinajstić information content (AvgIpc) is 1.99. The van der Waals surface area contributed by atoms with Crippen molar-refractivity contribution in [2.45, 2.75) is 58.7 Å². The molecule has 0 aromatic heterocycles. The summed E-state index contributed by atoms with van der Waals surface area (Å²) in [4.78, 5) is 0. The van der Waals surface area contributed by atoms with Gasteiger partial charge in [-0.15, -0.1) is 0 Å². The molecule has 0 aromatic carbocycles. The molecular formula is C12H24O2. The first-order valence-electron chi connectivity index (χ1n) is 5.71. The highest BCUT2D eigenvalue weighted by atomic mass is 16.3. The highest BCUT2D eigenvalue weighted by Crippen LogP contribution is 2.37. The lowest BCUT2D eigenvalue weighted by atomic mass is 9.72. The summed E-state index contributed by atoms with van der Waals surface area (Å²) >= 11 is 0. The van der Waals surface area contributed by atoms with Crippen LogP contribution in [-0.2, 0) is 0 Å². The lowest BCUT2D eigenvalue weighted by molar-refractivity contribution is -0.0907. The fourth-order valence-corrected chi connectivity index (χ4v) is 2.84. The molecule has 0 saturated heterocycles. The van der Waals surface area contributed by atoms with Crippen molar-refractivity contribution in [3.05, 3.63) is 0 Å². The second kappa shape index (κ2) is 4.19. The van der Waals surface area contributed by atoms with E-state index in [2.05, 4.69) is 13.8 Å². The van der Waals surface area contributed by atoms with Crippen LogP contribution >= 0.6 is 0 Å². The number of hydrogen-bond acceptors (Lipinski definition) is 2. The molecule has 1 aliphatic carbocycles. The molecular weight excluding hydrogens is 176 g/mol. The van der Waals surface area contributed by atoms with Crippen LogP contribution in [-0.4, -0.2) is 21.9 Å². The molecule has 2 heteroatoms. The van der Waals surface area contributed by atoms with E-state index in [0.717, 1.165) is 12.8 Å². The first-order valence-corrected chi connectivity index (χ1v) is 5.71. The van der Waals surface area contributed by atoms with E-state index in [0.29, 0.717) is 11.8 Å². The zero-order chi connectivity index (χ0) is 10.9. The normalized spacial score (nSPS) is 36.9. The Kier molecular flexibility index (Phi) is 3.59. The summed E-state index contributed by atoms with van der Waals surface area (Å²) in [5.41, 5.74) is -0.957. The second-order valence-corrected chi connectivity index (χ2v) is 5.78. The van der Waals surface area contributed by atoms with Crippen molar-refractivity contribution < 1.29 is 10.2 Å². The third-order valence-corrected chi connectivity index (χ3v) is 3.39. The SMILES string of the molecule is CC1CC(C)CC(C(O)C(C)(C)O)C1. The predicted octanol–water partition coefficient (Wildman–Crippen LogP) is 2.19. The third-order valence-electron chi connectivity index (χ3n) is 3.39. The van der Waals surface area contributed by atoms with E-state index < -0.39 is 11.7 Å². The van der Waals surface area contributed by atoms with Crippen LogP contribution in [0.2, 0.25) is 0 Å².